The van der Waals surface area contributed by atoms with E-state index in [0.717, 1.165) is 11.1 Å². The highest BCUT2D eigenvalue weighted by Gasteiger charge is 2.28. The monoisotopic (exact) mass is 402 g/mol. The molecule has 0 spiro atoms. The van der Waals surface area contributed by atoms with Gasteiger partial charge in [0.15, 0.2) is 0 Å². The molecule has 6 nitrogen and oxygen atoms in total. The van der Waals surface area contributed by atoms with Gasteiger partial charge in [-0.25, -0.2) is 9.59 Å². The number of esters is 1. The SMILES string of the molecule is Nc1ccc(C(=O)OCCNC(=O)OCC2c3ccccc3-c3ccccc32)cc1. The van der Waals surface area contributed by atoms with Crippen LogP contribution in [0.2, 0.25) is 0 Å². The van der Waals surface area contributed by atoms with Crippen molar-refractivity contribution in [1.29, 1.82) is 0 Å². The second-order valence-corrected chi connectivity index (χ2v) is 7.01. The molecule has 0 radical (unpaired) electrons. The van der Waals surface area contributed by atoms with E-state index in [1.807, 2.05) is 24.3 Å². The average Bonchev–Trinajstić information content (AvgIpc) is 3.09. The van der Waals surface area contributed by atoms with Crippen LogP contribution in [-0.4, -0.2) is 31.8 Å². The third-order valence-corrected chi connectivity index (χ3v) is 5.09. The number of rotatable bonds is 6. The molecule has 0 atom stereocenters. The minimum absolute atomic E-state index is 0.00601. The number of nitrogens with two attached hydrogens (primary N) is 1. The van der Waals surface area contributed by atoms with E-state index in [1.54, 1.807) is 24.3 Å². The van der Waals surface area contributed by atoms with Gasteiger partial charge < -0.3 is 20.5 Å². The van der Waals surface area contributed by atoms with Gasteiger partial charge in [-0.1, -0.05) is 48.5 Å². The third kappa shape index (κ3) is 4.12. The predicted octanol–water partition coefficient (Wildman–Crippen LogP) is 3.96. The fourth-order valence-corrected chi connectivity index (χ4v) is 3.65. The van der Waals surface area contributed by atoms with E-state index in [1.165, 1.54) is 11.1 Å². The molecule has 3 N–H and O–H groups in total. The van der Waals surface area contributed by atoms with Crippen molar-refractivity contribution in [3.05, 3.63) is 89.5 Å². The Morgan fingerprint density at radius 3 is 2.07 bits per heavy atom. The van der Waals surface area contributed by atoms with E-state index in [9.17, 15) is 9.59 Å². The summed E-state index contributed by atoms with van der Waals surface area (Å²) in [5.74, 6) is -0.462. The second kappa shape index (κ2) is 8.69. The zero-order valence-corrected chi connectivity index (χ0v) is 16.3. The van der Waals surface area contributed by atoms with Gasteiger partial charge >= 0.3 is 12.1 Å². The number of alkyl carbamates (subject to hydrolysis) is 1. The van der Waals surface area contributed by atoms with E-state index < -0.39 is 12.1 Å². The molecule has 3 aromatic carbocycles. The van der Waals surface area contributed by atoms with Crippen molar-refractivity contribution in [3.8, 4) is 11.1 Å². The number of nitrogen functional groups attached to an aromatic ring is 1. The van der Waals surface area contributed by atoms with Gasteiger partial charge in [-0.15, -0.1) is 0 Å². The molecule has 152 valence electrons. The van der Waals surface area contributed by atoms with E-state index in [2.05, 4.69) is 29.6 Å². The van der Waals surface area contributed by atoms with Gasteiger partial charge in [0, 0.05) is 11.6 Å². The molecule has 0 saturated carbocycles. The van der Waals surface area contributed by atoms with Gasteiger partial charge in [0.25, 0.3) is 0 Å². The first-order chi connectivity index (χ1) is 14.6. The van der Waals surface area contributed by atoms with Crippen LogP contribution >= 0.6 is 0 Å². The maximum absolute atomic E-state index is 12.1. The first-order valence-corrected chi connectivity index (χ1v) is 9.75. The smallest absolute Gasteiger partial charge is 0.407 e. The summed E-state index contributed by atoms with van der Waals surface area (Å²) in [4.78, 5) is 24.0. The molecule has 0 aliphatic heterocycles. The van der Waals surface area contributed by atoms with Gasteiger partial charge in [0.2, 0.25) is 0 Å². The van der Waals surface area contributed by atoms with Crippen LogP contribution in [0.3, 0.4) is 0 Å². The Labute approximate surface area is 174 Å². The van der Waals surface area contributed by atoms with Crippen molar-refractivity contribution in [3.63, 3.8) is 0 Å². The van der Waals surface area contributed by atoms with Crippen LogP contribution in [0.25, 0.3) is 11.1 Å². The van der Waals surface area contributed by atoms with E-state index in [4.69, 9.17) is 15.2 Å². The molecule has 0 unspecified atom stereocenters. The second-order valence-electron chi connectivity index (χ2n) is 7.01. The number of amides is 1. The van der Waals surface area contributed by atoms with Crippen LogP contribution in [0.15, 0.2) is 72.8 Å². The van der Waals surface area contributed by atoms with Gasteiger partial charge in [0.1, 0.15) is 13.2 Å². The zero-order valence-electron chi connectivity index (χ0n) is 16.3. The summed E-state index contributed by atoms with van der Waals surface area (Å²) in [6.07, 6.45) is -0.541. The first kappa shape index (κ1) is 19.5. The van der Waals surface area contributed by atoms with E-state index >= 15 is 0 Å². The zero-order chi connectivity index (χ0) is 20.9. The number of nitrogens with one attached hydrogen (secondary N) is 1. The van der Waals surface area contributed by atoms with Gasteiger partial charge in [0.05, 0.1) is 12.1 Å². The Kier molecular flexibility index (Phi) is 5.66. The Morgan fingerprint density at radius 2 is 1.43 bits per heavy atom. The summed E-state index contributed by atoms with van der Waals surface area (Å²) in [7, 11) is 0. The number of fused-ring (bicyclic) bond motifs is 3. The highest BCUT2D eigenvalue weighted by Crippen LogP contribution is 2.44. The Morgan fingerprint density at radius 1 is 0.833 bits per heavy atom. The minimum Gasteiger partial charge on any atom is -0.460 e. The quantitative estimate of drug-likeness (QED) is 0.370. The molecule has 1 aliphatic carbocycles. The Balaban J connectivity index is 1.25. The summed E-state index contributed by atoms with van der Waals surface area (Å²) in [6, 6.07) is 22.8. The van der Waals surface area contributed by atoms with Crippen molar-refractivity contribution in [2.24, 2.45) is 0 Å². The molecule has 30 heavy (non-hydrogen) atoms. The van der Waals surface area contributed by atoms with Crippen LogP contribution in [0.5, 0.6) is 0 Å². The van der Waals surface area contributed by atoms with Crippen molar-refractivity contribution < 1.29 is 19.1 Å². The molecule has 0 saturated heterocycles. The van der Waals surface area contributed by atoms with Crippen molar-refractivity contribution in [1.82, 2.24) is 5.32 Å². The summed E-state index contributed by atoms with van der Waals surface area (Å²) < 4.78 is 10.6. The molecular weight excluding hydrogens is 380 g/mol. The molecule has 1 amide bonds. The molecule has 6 heteroatoms. The number of hydrogen-bond donors (Lipinski definition) is 2. The fraction of sp³-hybridized carbons (Fsp3) is 0.167. The number of ether oxygens (including phenoxy) is 2. The molecule has 0 heterocycles. The summed E-state index contributed by atoms with van der Waals surface area (Å²) in [6.45, 7) is 0.454. The van der Waals surface area contributed by atoms with Crippen LogP contribution in [0.4, 0.5) is 10.5 Å². The van der Waals surface area contributed by atoms with Gasteiger partial charge in [-0.2, -0.15) is 0 Å². The summed E-state index contributed by atoms with van der Waals surface area (Å²) in [5, 5.41) is 2.61. The Bertz CT molecular complexity index is 1020. The standard InChI is InChI=1S/C24H22N2O4/c25-17-11-9-16(10-12-17)23(27)29-14-13-26-24(28)30-15-22-20-7-3-1-5-18(20)19-6-2-4-8-21(19)22/h1-12,22H,13-15,25H2,(H,26,28). The first-order valence-electron chi connectivity index (χ1n) is 9.75. The Hall–Kier alpha value is -3.80. The lowest BCUT2D eigenvalue weighted by Crippen LogP contribution is -2.29. The maximum atomic E-state index is 12.1. The topological polar surface area (TPSA) is 90.7 Å². The van der Waals surface area contributed by atoms with Crippen molar-refractivity contribution in [2.75, 3.05) is 25.5 Å². The average molecular weight is 402 g/mol. The molecule has 0 fully saturated rings. The normalized spacial score (nSPS) is 12.0. The van der Waals surface area contributed by atoms with E-state index in [0.29, 0.717) is 11.3 Å². The molecule has 3 aromatic rings. The highest BCUT2D eigenvalue weighted by molar-refractivity contribution is 5.89. The van der Waals surface area contributed by atoms with Crippen LogP contribution in [0, 0.1) is 0 Å². The van der Waals surface area contributed by atoms with Crippen molar-refractivity contribution in [2.45, 2.75) is 5.92 Å². The van der Waals surface area contributed by atoms with Crippen LogP contribution < -0.4 is 11.1 Å². The summed E-state index contributed by atoms with van der Waals surface area (Å²) >= 11 is 0. The lowest BCUT2D eigenvalue weighted by molar-refractivity contribution is 0.0504. The lowest BCUT2D eigenvalue weighted by atomic mass is 9.98. The number of hydrogen-bond acceptors (Lipinski definition) is 5. The fourth-order valence-electron chi connectivity index (χ4n) is 3.65. The van der Waals surface area contributed by atoms with Gasteiger partial charge in [-0.3, -0.25) is 0 Å². The number of benzene rings is 3. The lowest BCUT2D eigenvalue weighted by Gasteiger charge is -2.14. The van der Waals surface area contributed by atoms with Crippen LogP contribution in [0.1, 0.15) is 27.4 Å². The molecule has 1 aliphatic rings. The number of anilines is 1. The molecular formula is C24H22N2O4. The number of carbonyl (C=O) groups excluding carboxylic acids is 2. The predicted molar refractivity (Wildman–Crippen MR) is 114 cm³/mol. The van der Waals surface area contributed by atoms with Crippen molar-refractivity contribution >= 4 is 17.7 Å². The minimum atomic E-state index is -0.541. The van der Waals surface area contributed by atoms with Gasteiger partial charge in [-0.05, 0) is 46.5 Å². The molecule has 4 rings (SSSR count). The van der Waals surface area contributed by atoms with E-state index in [-0.39, 0.29) is 25.7 Å². The van der Waals surface area contributed by atoms with Crippen LogP contribution in [-0.2, 0) is 9.47 Å². The largest absolute Gasteiger partial charge is 0.460 e. The molecule has 0 aromatic heterocycles. The third-order valence-electron chi connectivity index (χ3n) is 5.09. The summed E-state index contributed by atoms with van der Waals surface area (Å²) in [5.41, 5.74) is 11.2. The molecule has 0 bridgehead atoms. The number of carbonyl (C=O) groups is 2. The highest BCUT2D eigenvalue weighted by atomic mass is 16.6. The maximum Gasteiger partial charge on any atom is 0.407 e.